The molecule has 1 atom stereocenters. The van der Waals surface area contributed by atoms with Crippen LogP contribution in [0.15, 0.2) is 0 Å². The van der Waals surface area contributed by atoms with Crippen LogP contribution in [0, 0.1) is 5.92 Å². The molecule has 0 aliphatic rings. The van der Waals surface area contributed by atoms with Crippen molar-refractivity contribution in [2.24, 2.45) is 5.92 Å². The van der Waals surface area contributed by atoms with E-state index in [0.717, 1.165) is 0 Å². The average molecular weight is 232 g/mol. The quantitative estimate of drug-likeness (QED) is 0.550. The molecule has 0 saturated heterocycles. The zero-order valence-corrected chi connectivity index (χ0v) is 10.7. The SMILES string of the molecule is COCCNC(=O)CNC(COC)C(C)C. The molecule has 2 N–H and O–H groups in total. The van der Waals surface area contributed by atoms with Crippen LogP contribution in [0.5, 0.6) is 0 Å². The van der Waals surface area contributed by atoms with Crippen LogP contribution in [-0.2, 0) is 14.3 Å². The molecule has 0 aliphatic carbocycles. The summed E-state index contributed by atoms with van der Waals surface area (Å²) >= 11 is 0. The summed E-state index contributed by atoms with van der Waals surface area (Å²) in [5, 5.41) is 5.92. The highest BCUT2D eigenvalue weighted by Crippen LogP contribution is 2.00. The third kappa shape index (κ3) is 7.62. The number of carbonyl (C=O) groups excluding carboxylic acids is 1. The summed E-state index contributed by atoms with van der Waals surface area (Å²) in [7, 11) is 3.27. The van der Waals surface area contributed by atoms with E-state index in [-0.39, 0.29) is 11.9 Å². The summed E-state index contributed by atoms with van der Waals surface area (Å²) in [5.41, 5.74) is 0. The molecule has 96 valence electrons. The average Bonchev–Trinajstić information content (AvgIpc) is 2.24. The second-order valence-corrected chi connectivity index (χ2v) is 4.03. The third-order valence-corrected chi connectivity index (χ3v) is 2.30. The zero-order chi connectivity index (χ0) is 12.4. The van der Waals surface area contributed by atoms with Gasteiger partial charge >= 0.3 is 0 Å². The van der Waals surface area contributed by atoms with Gasteiger partial charge in [0.05, 0.1) is 19.8 Å². The Balaban J connectivity index is 3.69. The molecular formula is C11H24N2O3. The minimum absolute atomic E-state index is 0.0150. The Hall–Kier alpha value is -0.650. The van der Waals surface area contributed by atoms with Gasteiger partial charge in [-0.05, 0) is 5.92 Å². The maximum atomic E-state index is 11.4. The highest BCUT2D eigenvalue weighted by Gasteiger charge is 2.13. The molecular weight excluding hydrogens is 208 g/mol. The van der Waals surface area contributed by atoms with Gasteiger partial charge in [-0.3, -0.25) is 4.79 Å². The van der Waals surface area contributed by atoms with E-state index in [9.17, 15) is 4.79 Å². The van der Waals surface area contributed by atoms with Crippen LogP contribution in [0.3, 0.4) is 0 Å². The van der Waals surface area contributed by atoms with E-state index in [0.29, 0.717) is 32.2 Å². The lowest BCUT2D eigenvalue weighted by atomic mass is 10.1. The van der Waals surface area contributed by atoms with E-state index in [1.807, 2.05) is 0 Å². The molecule has 0 fully saturated rings. The first kappa shape index (κ1) is 15.3. The van der Waals surface area contributed by atoms with Gasteiger partial charge in [0, 0.05) is 26.8 Å². The highest BCUT2D eigenvalue weighted by molar-refractivity contribution is 5.77. The fourth-order valence-corrected chi connectivity index (χ4v) is 1.25. The molecule has 0 spiro atoms. The first-order valence-electron chi connectivity index (χ1n) is 5.59. The number of hydrogen-bond acceptors (Lipinski definition) is 4. The summed E-state index contributed by atoms with van der Waals surface area (Å²) in [6.07, 6.45) is 0. The second-order valence-electron chi connectivity index (χ2n) is 4.03. The minimum Gasteiger partial charge on any atom is -0.383 e. The Morgan fingerprint density at radius 1 is 1.25 bits per heavy atom. The van der Waals surface area contributed by atoms with Gasteiger partial charge in [0.15, 0.2) is 0 Å². The van der Waals surface area contributed by atoms with E-state index in [1.54, 1.807) is 14.2 Å². The van der Waals surface area contributed by atoms with E-state index in [1.165, 1.54) is 0 Å². The lowest BCUT2D eigenvalue weighted by Crippen LogP contribution is -2.44. The van der Waals surface area contributed by atoms with E-state index in [4.69, 9.17) is 9.47 Å². The number of carbonyl (C=O) groups is 1. The van der Waals surface area contributed by atoms with Crippen LogP contribution < -0.4 is 10.6 Å². The first-order chi connectivity index (χ1) is 7.61. The molecule has 0 rings (SSSR count). The van der Waals surface area contributed by atoms with Gasteiger partial charge in [0.2, 0.25) is 5.91 Å². The minimum atomic E-state index is -0.0150. The van der Waals surface area contributed by atoms with Crippen molar-refractivity contribution in [2.45, 2.75) is 19.9 Å². The van der Waals surface area contributed by atoms with Crippen molar-refractivity contribution in [1.82, 2.24) is 10.6 Å². The number of amides is 1. The predicted molar refractivity (Wildman–Crippen MR) is 63.4 cm³/mol. The van der Waals surface area contributed by atoms with Gasteiger partial charge in [-0.1, -0.05) is 13.8 Å². The first-order valence-corrected chi connectivity index (χ1v) is 5.59. The Morgan fingerprint density at radius 2 is 1.94 bits per heavy atom. The fourth-order valence-electron chi connectivity index (χ4n) is 1.25. The predicted octanol–water partition coefficient (Wildman–Crippen LogP) is 0.00960. The molecule has 0 aromatic heterocycles. The summed E-state index contributed by atoms with van der Waals surface area (Å²) in [5.74, 6) is 0.422. The molecule has 5 nitrogen and oxygen atoms in total. The van der Waals surface area contributed by atoms with Crippen molar-refractivity contribution in [3.8, 4) is 0 Å². The maximum absolute atomic E-state index is 11.4. The second kappa shape index (κ2) is 9.57. The number of ether oxygens (including phenoxy) is 2. The molecule has 0 aromatic carbocycles. The highest BCUT2D eigenvalue weighted by atomic mass is 16.5. The number of hydrogen-bond donors (Lipinski definition) is 2. The molecule has 0 radical (unpaired) electrons. The molecule has 0 heterocycles. The van der Waals surface area contributed by atoms with Crippen LogP contribution in [0.2, 0.25) is 0 Å². The lowest BCUT2D eigenvalue weighted by Gasteiger charge is -2.21. The topological polar surface area (TPSA) is 59.6 Å². The van der Waals surface area contributed by atoms with Crippen molar-refractivity contribution >= 4 is 5.91 Å². The largest absolute Gasteiger partial charge is 0.383 e. The molecule has 1 amide bonds. The number of rotatable bonds is 9. The lowest BCUT2D eigenvalue weighted by molar-refractivity contribution is -0.120. The van der Waals surface area contributed by atoms with Crippen molar-refractivity contribution in [1.29, 1.82) is 0 Å². The third-order valence-electron chi connectivity index (χ3n) is 2.30. The van der Waals surface area contributed by atoms with Gasteiger partial charge < -0.3 is 20.1 Å². The van der Waals surface area contributed by atoms with Crippen molar-refractivity contribution in [3.63, 3.8) is 0 Å². The Labute approximate surface area is 97.9 Å². The van der Waals surface area contributed by atoms with E-state index in [2.05, 4.69) is 24.5 Å². The summed E-state index contributed by atoms with van der Waals surface area (Å²) < 4.78 is 9.92. The van der Waals surface area contributed by atoms with Gasteiger partial charge in [0.25, 0.3) is 0 Å². The standard InChI is InChI=1S/C11H24N2O3/c1-9(2)10(8-16-4)13-7-11(14)12-5-6-15-3/h9-10,13H,5-8H2,1-4H3,(H,12,14). The van der Waals surface area contributed by atoms with Gasteiger partial charge in [-0.25, -0.2) is 0 Å². The van der Waals surface area contributed by atoms with Crippen LogP contribution in [0.25, 0.3) is 0 Å². The van der Waals surface area contributed by atoms with Crippen molar-refractivity contribution in [2.75, 3.05) is 40.5 Å². The van der Waals surface area contributed by atoms with Crippen LogP contribution in [-0.4, -0.2) is 52.5 Å². The van der Waals surface area contributed by atoms with Gasteiger partial charge in [0.1, 0.15) is 0 Å². The molecule has 5 heteroatoms. The van der Waals surface area contributed by atoms with E-state index < -0.39 is 0 Å². The molecule has 0 saturated carbocycles. The molecule has 0 aromatic rings. The number of nitrogens with one attached hydrogen (secondary N) is 2. The molecule has 0 aliphatic heterocycles. The molecule has 0 bridgehead atoms. The summed E-state index contributed by atoms with van der Waals surface area (Å²) in [4.78, 5) is 11.4. The molecule has 16 heavy (non-hydrogen) atoms. The van der Waals surface area contributed by atoms with E-state index >= 15 is 0 Å². The zero-order valence-electron chi connectivity index (χ0n) is 10.7. The Bertz CT molecular complexity index is 186. The maximum Gasteiger partial charge on any atom is 0.234 e. The number of methoxy groups -OCH3 is 2. The smallest absolute Gasteiger partial charge is 0.234 e. The summed E-state index contributed by atoms with van der Waals surface area (Å²) in [6.45, 7) is 6.21. The van der Waals surface area contributed by atoms with Crippen LogP contribution >= 0.6 is 0 Å². The van der Waals surface area contributed by atoms with Gasteiger partial charge in [-0.2, -0.15) is 0 Å². The normalized spacial score (nSPS) is 12.8. The Kier molecular flexibility index (Phi) is 9.18. The fraction of sp³-hybridized carbons (Fsp3) is 0.909. The monoisotopic (exact) mass is 232 g/mol. The van der Waals surface area contributed by atoms with Crippen molar-refractivity contribution in [3.05, 3.63) is 0 Å². The van der Waals surface area contributed by atoms with Crippen molar-refractivity contribution < 1.29 is 14.3 Å². The van der Waals surface area contributed by atoms with Gasteiger partial charge in [-0.15, -0.1) is 0 Å². The van der Waals surface area contributed by atoms with Crippen LogP contribution in [0.4, 0.5) is 0 Å². The molecule has 1 unspecified atom stereocenters. The summed E-state index contributed by atoms with van der Waals surface area (Å²) in [6, 6.07) is 0.207. The van der Waals surface area contributed by atoms with Crippen LogP contribution in [0.1, 0.15) is 13.8 Å². The Morgan fingerprint density at radius 3 is 2.44 bits per heavy atom.